The van der Waals surface area contributed by atoms with Crippen LogP contribution in [0, 0.1) is 16.0 Å². The second-order valence-electron chi connectivity index (χ2n) is 16.6. The fraction of sp³-hybridized carbons (Fsp3) is 0.298. The van der Waals surface area contributed by atoms with Crippen molar-refractivity contribution < 1.29 is 33.9 Å². The third-order valence-electron chi connectivity index (χ3n) is 12.9. The van der Waals surface area contributed by atoms with E-state index >= 15 is 4.79 Å². The summed E-state index contributed by atoms with van der Waals surface area (Å²) < 4.78 is 12.6. The van der Waals surface area contributed by atoms with E-state index in [0.717, 1.165) is 21.9 Å². The average Bonchev–Trinajstić information content (AvgIpc) is 3.69. The molecule has 0 aromatic heterocycles. The van der Waals surface area contributed by atoms with Crippen molar-refractivity contribution >= 4 is 48.0 Å². The van der Waals surface area contributed by atoms with Crippen molar-refractivity contribution in [2.45, 2.75) is 69.2 Å². The quantitative estimate of drug-likeness (QED) is 0.0825. The van der Waals surface area contributed by atoms with Crippen LogP contribution in [0.3, 0.4) is 0 Å². The Balaban J connectivity index is 1.16. The zero-order valence-corrected chi connectivity index (χ0v) is 35.0. The Labute approximate surface area is 349 Å². The SMILES string of the molecule is COc1ccc([Si](C)(C)[C@H]2[C@H](CC(=O)N3Cc4ccccc4C[C@H]3CO)O[C@@]3(C(=O)N(Cc4ccc(NC(=O)c5ccccc5)cc4)c4ccc([N+](=O)[O-])cc43)[C@@H]2C)cc1. The number of nitrogens with one attached hydrogen (secondary N) is 1. The van der Waals surface area contributed by atoms with Gasteiger partial charge >= 0.3 is 0 Å². The predicted octanol–water partition coefficient (Wildman–Crippen LogP) is 6.95. The molecule has 13 heteroatoms. The minimum absolute atomic E-state index is 0.0459. The molecule has 8 rings (SSSR count). The zero-order chi connectivity index (χ0) is 42.3. The van der Waals surface area contributed by atoms with Crippen molar-refractivity contribution in [3.63, 3.8) is 0 Å². The van der Waals surface area contributed by atoms with Crippen LogP contribution in [0.15, 0.2) is 121 Å². The standard InChI is InChI=1S/C47H48N4O8Si/c1-30-44(60(3,4)39-21-19-38(58-2)20-22-39)42(26-43(53)49-28-34-13-9-8-12-33(34)24-37(49)29-52)59-47(30)40-25-36(51(56)57)18-23-41(40)50(46(47)55)27-31-14-16-35(17-15-31)48-45(54)32-10-6-5-7-11-32/h5-23,25,30,37,42,44,52H,24,26-29H2,1-4H3,(H,48,54)/t30-,37+,42+,44-,47+/m1/s1. The summed E-state index contributed by atoms with van der Waals surface area (Å²) in [5, 5.41) is 26.8. The third-order valence-corrected chi connectivity index (χ3v) is 17.2. The minimum Gasteiger partial charge on any atom is -0.497 e. The molecule has 3 amide bonds. The van der Waals surface area contributed by atoms with Gasteiger partial charge in [0.05, 0.1) is 57.5 Å². The topological polar surface area (TPSA) is 152 Å². The van der Waals surface area contributed by atoms with Gasteiger partial charge in [0, 0.05) is 41.4 Å². The Morgan fingerprint density at radius 1 is 0.950 bits per heavy atom. The van der Waals surface area contributed by atoms with Gasteiger partial charge in [0.2, 0.25) is 5.91 Å². The van der Waals surface area contributed by atoms with Gasteiger partial charge in [-0.1, -0.05) is 91.9 Å². The van der Waals surface area contributed by atoms with Crippen LogP contribution < -0.4 is 20.1 Å². The van der Waals surface area contributed by atoms with Crippen LogP contribution in [0.2, 0.25) is 18.6 Å². The fourth-order valence-electron chi connectivity index (χ4n) is 9.77. The zero-order valence-electron chi connectivity index (χ0n) is 34.0. The van der Waals surface area contributed by atoms with Crippen molar-refractivity contribution in [3.05, 3.63) is 159 Å². The first-order valence-electron chi connectivity index (χ1n) is 20.2. The number of benzene rings is 5. The molecule has 2 N–H and O–H groups in total. The highest BCUT2D eigenvalue weighted by Crippen LogP contribution is 2.60. The molecule has 12 nitrogen and oxygen atoms in total. The number of aliphatic hydroxyl groups excluding tert-OH is 1. The molecule has 5 aromatic rings. The van der Waals surface area contributed by atoms with Crippen molar-refractivity contribution in [1.29, 1.82) is 0 Å². The molecule has 1 fully saturated rings. The van der Waals surface area contributed by atoms with E-state index < -0.39 is 36.7 Å². The van der Waals surface area contributed by atoms with Gasteiger partial charge in [0.1, 0.15) is 5.75 Å². The molecular weight excluding hydrogens is 777 g/mol. The van der Waals surface area contributed by atoms with E-state index in [-0.39, 0.29) is 48.5 Å². The molecule has 0 aliphatic carbocycles. The summed E-state index contributed by atoms with van der Waals surface area (Å²) in [6.45, 7) is 6.68. The lowest BCUT2D eigenvalue weighted by atomic mass is 9.82. The van der Waals surface area contributed by atoms with Crippen LogP contribution in [0.25, 0.3) is 0 Å². The predicted molar refractivity (Wildman–Crippen MR) is 231 cm³/mol. The van der Waals surface area contributed by atoms with Gasteiger partial charge in [-0.3, -0.25) is 24.5 Å². The van der Waals surface area contributed by atoms with Crippen LogP contribution >= 0.6 is 0 Å². The molecule has 0 radical (unpaired) electrons. The lowest BCUT2D eigenvalue weighted by molar-refractivity contribution is -0.385. The van der Waals surface area contributed by atoms with E-state index in [0.29, 0.717) is 41.2 Å². The number of aliphatic hydroxyl groups is 1. The first-order chi connectivity index (χ1) is 28.8. The molecule has 0 unspecified atom stereocenters. The number of nitro benzene ring substituents is 1. The van der Waals surface area contributed by atoms with E-state index in [1.165, 1.54) is 12.1 Å². The smallest absolute Gasteiger partial charge is 0.269 e. The van der Waals surface area contributed by atoms with E-state index in [2.05, 4.69) is 18.4 Å². The lowest BCUT2D eigenvalue weighted by Gasteiger charge is -2.39. The van der Waals surface area contributed by atoms with Gasteiger partial charge in [0.15, 0.2) is 5.60 Å². The van der Waals surface area contributed by atoms with E-state index in [1.807, 2.05) is 73.7 Å². The summed E-state index contributed by atoms with van der Waals surface area (Å²) in [5.41, 5.74) is 2.79. The number of fused-ring (bicyclic) bond motifs is 3. The molecule has 0 saturated carbocycles. The van der Waals surface area contributed by atoms with Crippen molar-refractivity contribution in [2.24, 2.45) is 5.92 Å². The largest absolute Gasteiger partial charge is 0.497 e. The molecule has 3 aliphatic rings. The summed E-state index contributed by atoms with van der Waals surface area (Å²) in [6, 6.07) is 36.0. The maximum Gasteiger partial charge on any atom is 0.269 e. The first-order valence-corrected chi connectivity index (χ1v) is 23.3. The fourth-order valence-corrected chi connectivity index (χ4v) is 13.8. The van der Waals surface area contributed by atoms with E-state index in [1.54, 1.807) is 59.4 Å². The number of nitrogens with zero attached hydrogens (tertiary/aromatic N) is 3. The molecule has 5 aromatic carbocycles. The molecule has 3 heterocycles. The summed E-state index contributed by atoms with van der Waals surface area (Å²) in [7, 11) is -1.06. The molecular formula is C47H48N4O8Si. The lowest BCUT2D eigenvalue weighted by Crippen LogP contribution is -2.52. The number of non-ortho nitro benzene ring substituents is 1. The number of carbonyl (C=O) groups excluding carboxylic acids is 3. The number of amides is 3. The van der Waals surface area contributed by atoms with Gasteiger partial charge in [0.25, 0.3) is 17.5 Å². The molecule has 5 atom stereocenters. The van der Waals surface area contributed by atoms with Crippen molar-refractivity contribution in [2.75, 3.05) is 23.9 Å². The van der Waals surface area contributed by atoms with Crippen LogP contribution in [0.1, 0.15) is 46.0 Å². The number of hydrogen-bond donors (Lipinski definition) is 2. The Kier molecular flexibility index (Phi) is 10.9. The molecule has 1 saturated heterocycles. The molecule has 0 bridgehead atoms. The van der Waals surface area contributed by atoms with Gasteiger partial charge in [-0.25, -0.2) is 0 Å². The second-order valence-corrected chi connectivity index (χ2v) is 21.2. The average molecular weight is 825 g/mol. The highest BCUT2D eigenvalue weighted by Gasteiger charge is 2.67. The number of anilines is 2. The highest BCUT2D eigenvalue weighted by atomic mass is 28.3. The summed E-state index contributed by atoms with van der Waals surface area (Å²) in [5.74, 6) is -0.598. The van der Waals surface area contributed by atoms with Crippen LogP contribution in [-0.4, -0.2) is 66.6 Å². The number of methoxy groups -OCH3 is 1. The molecule has 3 aliphatic heterocycles. The maximum atomic E-state index is 15.4. The summed E-state index contributed by atoms with van der Waals surface area (Å²) in [4.78, 5) is 58.0. The van der Waals surface area contributed by atoms with Crippen LogP contribution in [0.4, 0.5) is 17.1 Å². The number of carbonyl (C=O) groups is 3. The Bertz CT molecular complexity index is 2440. The number of nitro groups is 1. The minimum atomic E-state index is -2.67. The number of hydrogen-bond acceptors (Lipinski definition) is 8. The third kappa shape index (κ3) is 7.16. The summed E-state index contributed by atoms with van der Waals surface area (Å²) in [6.07, 6.45) is -0.267. The maximum absolute atomic E-state index is 15.4. The van der Waals surface area contributed by atoms with Gasteiger partial charge in [-0.2, -0.15) is 0 Å². The first kappa shape index (κ1) is 40.6. The second kappa shape index (κ2) is 16.1. The summed E-state index contributed by atoms with van der Waals surface area (Å²) >= 11 is 0. The molecule has 1 spiro atoms. The number of ether oxygens (including phenoxy) is 2. The normalized spacial score (nSPS) is 22.1. The van der Waals surface area contributed by atoms with E-state index in [9.17, 15) is 24.8 Å². The highest BCUT2D eigenvalue weighted by molar-refractivity contribution is 6.91. The van der Waals surface area contributed by atoms with Gasteiger partial charge < -0.3 is 29.7 Å². The van der Waals surface area contributed by atoms with Gasteiger partial charge in [-0.05, 0) is 71.1 Å². The van der Waals surface area contributed by atoms with Crippen LogP contribution in [-0.2, 0) is 39.4 Å². The monoisotopic (exact) mass is 824 g/mol. The van der Waals surface area contributed by atoms with E-state index in [4.69, 9.17) is 9.47 Å². The number of rotatable bonds is 11. The Morgan fingerprint density at radius 2 is 1.63 bits per heavy atom. The molecule has 308 valence electrons. The van der Waals surface area contributed by atoms with Crippen molar-refractivity contribution in [1.82, 2.24) is 4.90 Å². The van der Waals surface area contributed by atoms with Gasteiger partial charge in [-0.15, -0.1) is 0 Å². The Hall–Kier alpha value is -6.15. The van der Waals surface area contributed by atoms with Crippen molar-refractivity contribution in [3.8, 4) is 5.75 Å². The Morgan fingerprint density at radius 3 is 2.30 bits per heavy atom. The van der Waals surface area contributed by atoms with Crippen LogP contribution in [0.5, 0.6) is 5.75 Å². The molecule has 60 heavy (non-hydrogen) atoms.